The number of para-hydroxylation sites is 1. The average Bonchev–Trinajstić information content (AvgIpc) is 2.38. The number of nitrogens with one attached hydrogen (secondary N) is 1. The van der Waals surface area contributed by atoms with Crippen LogP contribution in [0.15, 0.2) is 48.5 Å². The molecule has 0 saturated heterocycles. The van der Waals surface area contributed by atoms with E-state index >= 15 is 0 Å². The van der Waals surface area contributed by atoms with Crippen LogP contribution in [-0.4, -0.2) is 6.61 Å². The molecule has 1 N–H and O–H groups in total. The van der Waals surface area contributed by atoms with E-state index in [1.165, 1.54) is 18.2 Å². The summed E-state index contributed by atoms with van der Waals surface area (Å²) >= 11 is 0. The predicted molar refractivity (Wildman–Crippen MR) is 71.5 cm³/mol. The van der Waals surface area contributed by atoms with Crippen LogP contribution < -0.4 is 10.1 Å². The minimum Gasteiger partial charge on any atom is -0.434 e. The molecule has 2 aromatic rings. The average molecular weight is 281 g/mol. The molecule has 0 saturated carbocycles. The fraction of sp³-hybridized carbons (Fsp3) is 0.200. The zero-order chi connectivity index (χ0) is 14.5. The van der Waals surface area contributed by atoms with E-state index in [0.29, 0.717) is 11.3 Å². The molecule has 20 heavy (non-hydrogen) atoms. The first-order valence-electron chi connectivity index (χ1n) is 6.12. The number of hydrogen-bond acceptors (Lipinski definition) is 2. The van der Waals surface area contributed by atoms with Crippen molar-refractivity contribution in [1.29, 1.82) is 0 Å². The summed E-state index contributed by atoms with van der Waals surface area (Å²) in [6.07, 6.45) is 0. The van der Waals surface area contributed by atoms with E-state index in [-0.39, 0.29) is 17.6 Å². The highest BCUT2D eigenvalue weighted by Crippen LogP contribution is 2.28. The molecule has 2 nitrogen and oxygen atoms in total. The van der Waals surface area contributed by atoms with Crippen molar-refractivity contribution >= 4 is 5.69 Å². The summed E-state index contributed by atoms with van der Waals surface area (Å²) in [5.41, 5.74) is 1.15. The lowest BCUT2D eigenvalue weighted by atomic mass is 10.1. The smallest absolute Gasteiger partial charge is 0.387 e. The topological polar surface area (TPSA) is 21.3 Å². The zero-order valence-electron chi connectivity index (χ0n) is 10.8. The minimum absolute atomic E-state index is 0.110. The van der Waals surface area contributed by atoms with E-state index in [0.717, 1.165) is 0 Å². The lowest BCUT2D eigenvalue weighted by Gasteiger charge is -2.19. The molecule has 1 atom stereocenters. The van der Waals surface area contributed by atoms with Gasteiger partial charge in [-0.3, -0.25) is 0 Å². The van der Waals surface area contributed by atoms with E-state index in [2.05, 4.69) is 10.1 Å². The predicted octanol–water partition coefficient (Wildman–Crippen LogP) is 4.60. The molecule has 0 aliphatic carbocycles. The molecule has 0 aliphatic rings. The largest absolute Gasteiger partial charge is 0.434 e. The fourth-order valence-corrected chi connectivity index (χ4v) is 1.95. The maximum absolute atomic E-state index is 13.1. The monoisotopic (exact) mass is 281 g/mol. The molecule has 0 aromatic heterocycles. The second-order valence-corrected chi connectivity index (χ2v) is 4.29. The first-order chi connectivity index (χ1) is 9.56. The Kier molecular flexibility index (Phi) is 4.50. The van der Waals surface area contributed by atoms with Crippen molar-refractivity contribution < 1.29 is 17.9 Å². The molecule has 5 heteroatoms. The van der Waals surface area contributed by atoms with Gasteiger partial charge in [-0.05, 0) is 31.2 Å². The SMILES string of the molecule is CC(Nc1cccc(F)c1)c1ccccc1OC(F)F. The van der Waals surface area contributed by atoms with Gasteiger partial charge in [0.05, 0.1) is 6.04 Å². The van der Waals surface area contributed by atoms with Gasteiger partial charge in [0, 0.05) is 11.3 Å². The van der Waals surface area contributed by atoms with Gasteiger partial charge in [-0.25, -0.2) is 4.39 Å². The normalized spacial score (nSPS) is 12.2. The highest BCUT2D eigenvalue weighted by Gasteiger charge is 2.14. The second-order valence-electron chi connectivity index (χ2n) is 4.29. The third-order valence-corrected chi connectivity index (χ3v) is 2.81. The van der Waals surface area contributed by atoms with Gasteiger partial charge in [-0.1, -0.05) is 24.3 Å². The van der Waals surface area contributed by atoms with Gasteiger partial charge >= 0.3 is 6.61 Å². The molecule has 0 bridgehead atoms. The minimum atomic E-state index is -2.88. The van der Waals surface area contributed by atoms with Gasteiger partial charge in [-0.2, -0.15) is 8.78 Å². The van der Waals surface area contributed by atoms with Crippen molar-refractivity contribution in [2.24, 2.45) is 0 Å². The van der Waals surface area contributed by atoms with E-state index in [9.17, 15) is 13.2 Å². The number of anilines is 1. The molecule has 1 unspecified atom stereocenters. The number of ether oxygens (including phenoxy) is 1. The van der Waals surface area contributed by atoms with Gasteiger partial charge in [0.15, 0.2) is 0 Å². The highest BCUT2D eigenvalue weighted by atomic mass is 19.3. The van der Waals surface area contributed by atoms with Crippen LogP contribution in [0.3, 0.4) is 0 Å². The number of halogens is 3. The summed E-state index contributed by atoms with van der Waals surface area (Å²) < 4.78 is 42.3. The summed E-state index contributed by atoms with van der Waals surface area (Å²) in [7, 11) is 0. The number of rotatable bonds is 5. The second kappa shape index (κ2) is 6.32. The molecule has 0 aliphatic heterocycles. The van der Waals surface area contributed by atoms with Crippen LogP contribution >= 0.6 is 0 Å². The third kappa shape index (κ3) is 3.66. The zero-order valence-corrected chi connectivity index (χ0v) is 10.8. The van der Waals surface area contributed by atoms with E-state index < -0.39 is 6.61 Å². The number of benzene rings is 2. The Morgan fingerprint density at radius 1 is 1.05 bits per heavy atom. The standard InChI is InChI=1S/C15H14F3NO/c1-10(19-12-6-4-5-11(16)9-12)13-7-2-3-8-14(13)20-15(17)18/h2-10,15,19H,1H3. The number of alkyl halides is 2. The van der Waals surface area contributed by atoms with Crippen molar-refractivity contribution in [2.75, 3.05) is 5.32 Å². The molecule has 2 rings (SSSR count). The summed E-state index contributed by atoms with van der Waals surface area (Å²) in [5.74, 6) is -0.252. The third-order valence-electron chi connectivity index (χ3n) is 2.81. The Bertz CT molecular complexity index is 575. The highest BCUT2D eigenvalue weighted by molar-refractivity contribution is 5.47. The van der Waals surface area contributed by atoms with E-state index in [1.807, 2.05) is 0 Å². The summed E-state index contributed by atoms with van der Waals surface area (Å²) in [6.45, 7) is -1.09. The van der Waals surface area contributed by atoms with E-state index in [4.69, 9.17) is 0 Å². The molecule has 0 heterocycles. The van der Waals surface area contributed by atoms with Gasteiger partial charge in [-0.15, -0.1) is 0 Å². The molecule has 2 aromatic carbocycles. The summed E-state index contributed by atoms with van der Waals surface area (Å²) in [6, 6.07) is 12.2. The van der Waals surface area contributed by atoms with Gasteiger partial charge < -0.3 is 10.1 Å². The molecule has 0 amide bonds. The Hall–Kier alpha value is -2.17. The lowest BCUT2D eigenvalue weighted by Crippen LogP contribution is -2.11. The summed E-state index contributed by atoms with van der Waals surface area (Å²) in [4.78, 5) is 0. The van der Waals surface area contributed by atoms with Crippen molar-refractivity contribution in [3.05, 3.63) is 59.9 Å². The maximum atomic E-state index is 13.1. The van der Waals surface area contributed by atoms with Crippen LogP contribution in [0.25, 0.3) is 0 Å². The van der Waals surface area contributed by atoms with Crippen molar-refractivity contribution in [2.45, 2.75) is 19.6 Å². The van der Waals surface area contributed by atoms with Crippen LogP contribution in [-0.2, 0) is 0 Å². The van der Waals surface area contributed by atoms with Crippen LogP contribution in [0.2, 0.25) is 0 Å². The molecule has 0 spiro atoms. The molecule has 0 fully saturated rings. The van der Waals surface area contributed by atoms with Crippen molar-refractivity contribution in [3.63, 3.8) is 0 Å². The Balaban J connectivity index is 2.18. The lowest BCUT2D eigenvalue weighted by molar-refractivity contribution is -0.0505. The first-order valence-corrected chi connectivity index (χ1v) is 6.12. The molecule has 0 radical (unpaired) electrons. The Morgan fingerprint density at radius 3 is 2.50 bits per heavy atom. The number of hydrogen-bond donors (Lipinski definition) is 1. The van der Waals surface area contributed by atoms with Gasteiger partial charge in [0.1, 0.15) is 11.6 Å². The van der Waals surface area contributed by atoms with Crippen LogP contribution in [0.4, 0.5) is 18.9 Å². The molecular weight excluding hydrogens is 267 g/mol. The van der Waals surface area contributed by atoms with Crippen LogP contribution in [0, 0.1) is 5.82 Å². The fourth-order valence-electron chi connectivity index (χ4n) is 1.95. The van der Waals surface area contributed by atoms with Crippen molar-refractivity contribution in [1.82, 2.24) is 0 Å². The molecule has 106 valence electrons. The Labute approximate surface area is 115 Å². The van der Waals surface area contributed by atoms with Gasteiger partial charge in [0.25, 0.3) is 0 Å². The van der Waals surface area contributed by atoms with Crippen molar-refractivity contribution in [3.8, 4) is 5.75 Å². The van der Waals surface area contributed by atoms with Crippen LogP contribution in [0.1, 0.15) is 18.5 Å². The summed E-state index contributed by atoms with van der Waals surface area (Å²) in [5, 5.41) is 3.05. The van der Waals surface area contributed by atoms with Crippen LogP contribution in [0.5, 0.6) is 5.75 Å². The van der Waals surface area contributed by atoms with E-state index in [1.54, 1.807) is 37.3 Å². The maximum Gasteiger partial charge on any atom is 0.387 e. The molecular formula is C15H14F3NO. The quantitative estimate of drug-likeness (QED) is 0.864. The first kappa shape index (κ1) is 14.2. The Morgan fingerprint density at radius 2 is 1.80 bits per heavy atom. The van der Waals surface area contributed by atoms with Gasteiger partial charge in [0.2, 0.25) is 0 Å².